The van der Waals surface area contributed by atoms with Crippen molar-refractivity contribution in [1.82, 2.24) is 9.99 Å². The summed E-state index contributed by atoms with van der Waals surface area (Å²) < 4.78 is 6.19. The van der Waals surface area contributed by atoms with Gasteiger partial charge in [-0.3, -0.25) is 0 Å². The molecule has 0 unspecified atom stereocenters. The summed E-state index contributed by atoms with van der Waals surface area (Å²) in [6.45, 7) is 5.18. The van der Waals surface area contributed by atoms with Crippen LogP contribution in [0, 0.1) is 6.92 Å². The van der Waals surface area contributed by atoms with Crippen LogP contribution >= 0.6 is 15.9 Å². The Morgan fingerprint density at radius 1 is 1.50 bits per heavy atom. The van der Waals surface area contributed by atoms with Crippen LogP contribution in [0.15, 0.2) is 10.7 Å². The standard InChI is InChI=1S/C10H15BrN4O/c1-7-8(12)6-13-10(9(7)11)14-15-2-4-16-5-3-15/h6H,2-5,12H2,1H3,(H,13,14). The van der Waals surface area contributed by atoms with Crippen LogP contribution in [0.25, 0.3) is 0 Å². The fourth-order valence-electron chi connectivity index (χ4n) is 1.49. The first-order valence-corrected chi connectivity index (χ1v) is 5.97. The number of ether oxygens (including phenoxy) is 1. The fourth-order valence-corrected chi connectivity index (χ4v) is 1.91. The summed E-state index contributed by atoms with van der Waals surface area (Å²) in [4.78, 5) is 4.27. The molecule has 0 atom stereocenters. The van der Waals surface area contributed by atoms with Crippen LogP contribution in [0.2, 0.25) is 0 Å². The van der Waals surface area contributed by atoms with Gasteiger partial charge in [0.2, 0.25) is 0 Å². The molecule has 16 heavy (non-hydrogen) atoms. The molecule has 88 valence electrons. The third-order valence-electron chi connectivity index (χ3n) is 2.58. The van der Waals surface area contributed by atoms with Gasteiger partial charge in [-0.05, 0) is 28.4 Å². The fraction of sp³-hybridized carbons (Fsp3) is 0.500. The molecule has 2 heterocycles. The molecule has 0 radical (unpaired) electrons. The Morgan fingerprint density at radius 2 is 2.19 bits per heavy atom. The van der Waals surface area contributed by atoms with Crippen LogP contribution in [-0.4, -0.2) is 36.3 Å². The topological polar surface area (TPSA) is 63.4 Å². The Balaban J connectivity index is 2.11. The Labute approximate surface area is 103 Å². The number of hydrogen-bond acceptors (Lipinski definition) is 5. The molecule has 1 aliphatic heterocycles. The maximum atomic E-state index is 5.77. The van der Waals surface area contributed by atoms with Crippen molar-refractivity contribution in [2.24, 2.45) is 0 Å². The van der Waals surface area contributed by atoms with Gasteiger partial charge in [-0.1, -0.05) is 0 Å². The lowest BCUT2D eigenvalue weighted by Crippen LogP contribution is -2.40. The van der Waals surface area contributed by atoms with Crippen molar-refractivity contribution in [3.8, 4) is 0 Å². The molecule has 6 heteroatoms. The summed E-state index contributed by atoms with van der Waals surface area (Å²) in [5.41, 5.74) is 10.7. The van der Waals surface area contributed by atoms with E-state index < -0.39 is 0 Å². The van der Waals surface area contributed by atoms with E-state index in [0.717, 1.165) is 42.2 Å². The summed E-state index contributed by atoms with van der Waals surface area (Å²) in [5.74, 6) is 0.800. The van der Waals surface area contributed by atoms with Crippen LogP contribution in [0.1, 0.15) is 5.56 Å². The van der Waals surface area contributed by atoms with Gasteiger partial charge >= 0.3 is 0 Å². The molecule has 3 N–H and O–H groups in total. The minimum absolute atomic E-state index is 0.694. The molecule has 1 aliphatic rings. The lowest BCUT2D eigenvalue weighted by molar-refractivity contribution is 0.0494. The van der Waals surface area contributed by atoms with E-state index in [9.17, 15) is 0 Å². The van der Waals surface area contributed by atoms with Crippen LogP contribution in [-0.2, 0) is 4.74 Å². The number of nitrogens with two attached hydrogens (primary N) is 1. The number of halogens is 1. The predicted molar refractivity (Wildman–Crippen MR) is 67.1 cm³/mol. The number of anilines is 2. The minimum Gasteiger partial charge on any atom is -0.397 e. The van der Waals surface area contributed by atoms with Crippen LogP contribution in [0.3, 0.4) is 0 Å². The van der Waals surface area contributed by atoms with Crippen molar-refractivity contribution < 1.29 is 4.74 Å². The Hall–Kier alpha value is -0.850. The second-order valence-electron chi connectivity index (χ2n) is 3.71. The predicted octanol–water partition coefficient (Wildman–Crippen LogP) is 1.39. The Morgan fingerprint density at radius 3 is 2.88 bits per heavy atom. The zero-order chi connectivity index (χ0) is 11.5. The average Bonchev–Trinajstić information content (AvgIpc) is 2.31. The second-order valence-corrected chi connectivity index (χ2v) is 4.51. The highest BCUT2D eigenvalue weighted by Crippen LogP contribution is 2.27. The smallest absolute Gasteiger partial charge is 0.155 e. The summed E-state index contributed by atoms with van der Waals surface area (Å²) in [6.07, 6.45) is 1.67. The van der Waals surface area contributed by atoms with Crippen LogP contribution in [0.5, 0.6) is 0 Å². The molecule has 1 saturated heterocycles. The highest BCUT2D eigenvalue weighted by atomic mass is 79.9. The van der Waals surface area contributed by atoms with Gasteiger partial charge in [-0.2, -0.15) is 0 Å². The number of aromatic nitrogens is 1. The van der Waals surface area contributed by atoms with Gasteiger partial charge in [0, 0.05) is 13.1 Å². The van der Waals surface area contributed by atoms with E-state index in [1.165, 1.54) is 0 Å². The molecule has 0 aliphatic carbocycles. The van der Waals surface area contributed by atoms with Gasteiger partial charge in [-0.15, -0.1) is 0 Å². The average molecular weight is 287 g/mol. The van der Waals surface area contributed by atoms with Crippen molar-refractivity contribution in [2.45, 2.75) is 6.92 Å². The highest BCUT2D eigenvalue weighted by Gasteiger charge is 2.13. The molecule has 1 aromatic heterocycles. The van der Waals surface area contributed by atoms with E-state index >= 15 is 0 Å². The van der Waals surface area contributed by atoms with Crippen molar-refractivity contribution >= 4 is 27.4 Å². The van der Waals surface area contributed by atoms with Gasteiger partial charge in [0.15, 0.2) is 5.82 Å². The zero-order valence-electron chi connectivity index (χ0n) is 9.16. The third-order valence-corrected chi connectivity index (χ3v) is 3.55. The lowest BCUT2D eigenvalue weighted by atomic mass is 10.2. The van der Waals surface area contributed by atoms with Crippen LogP contribution < -0.4 is 11.2 Å². The van der Waals surface area contributed by atoms with Crippen molar-refractivity contribution in [3.05, 3.63) is 16.2 Å². The van der Waals surface area contributed by atoms with E-state index in [1.807, 2.05) is 6.92 Å². The van der Waals surface area contributed by atoms with Crippen LogP contribution in [0.4, 0.5) is 11.5 Å². The molecule has 0 amide bonds. The van der Waals surface area contributed by atoms with E-state index in [4.69, 9.17) is 10.5 Å². The molecule has 0 bridgehead atoms. The molecule has 2 rings (SSSR count). The molecule has 0 spiro atoms. The van der Waals surface area contributed by atoms with E-state index in [1.54, 1.807) is 6.20 Å². The van der Waals surface area contributed by atoms with Gasteiger partial charge in [0.25, 0.3) is 0 Å². The van der Waals surface area contributed by atoms with Crippen molar-refractivity contribution in [3.63, 3.8) is 0 Å². The second kappa shape index (κ2) is 4.99. The maximum Gasteiger partial charge on any atom is 0.155 e. The molecule has 0 aromatic carbocycles. The summed E-state index contributed by atoms with van der Waals surface area (Å²) in [7, 11) is 0. The quantitative estimate of drug-likeness (QED) is 0.860. The number of nitrogens with zero attached hydrogens (tertiary/aromatic N) is 2. The first-order valence-electron chi connectivity index (χ1n) is 5.18. The third kappa shape index (κ3) is 2.45. The number of hydrazine groups is 1. The summed E-state index contributed by atoms with van der Waals surface area (Å²) in [6, 6.07) is 0. The summed E-state index contributed by atoms with van der Waals surface area (Å²) in [5, 5.41) is 2.09. The zero-order valence-corrected chi connectivity index (χ0v) is 10.7. The van der Waals surface area contributed by atoms with E-state index in [0.29, 0.717) is 5.69 Å². The van der Waals surface area contributed by atoms with E-state index in [2.05, 4.69) is 31.3 Å². The van der Waals surface area contributed by atoms with Crippen molar-refractivity contribution in [2.75, 3.05) is 37.5 Å². The SMILES string of the molecule is Cc1c(N)cnc(NN2CCOCC2)c1Br. The highest BCUT2D eigenvalue weighted by molar-refractivity contribution is 9.10. The lowest BCUT2D eigenvalue weighted by Gasteiger charge is -2.28. The van der Waals surface area contributed by atoms with Crippen molar-refractivity contribution in [1.29, 1.82) is 0 Å². The summed E-state index contributed by atoms with van der Waals surface area (Å²) >= 11 is 3.49. The number of hydrogen-bond donors (Lipinski definition) is 2. The van der Waals surface area contributed by atoms with E-state index in [-0.39, 0.29) is 0 Å². The largest absolute Gasteiger partial charge is 0.397 e. The Bertz CT molecular complexity index is 379. The molecule has 5 nitrogen and oxygen atoms in total. The molecule has 1 aromatic rings. The van der Waals surface area contributed by atoms with Gasteiger partial charge < -0.3 is 15.9 Å². The normalized spacial score (nSPS) is 17.4. The van der Waals surface area contributed by atoms with Gasteiger partial charge in [0.05, 0.1) is 29.6 Å². The monoisotopic (exact) mass is 286 g/mol. The molecular weight excluding hydrogens is 272 g/mol. The number of rotatable bonds is 2. The van der Waals surface area contributed by atoms with Gasteiger partial charge in [-0.25, -0.2) is 9.99 Å². The maximum absolute atomic E-state index is 5.77. The number of pyridine rings is 1. The number of nitrogens with one attached hydrogen (secondary N) is 1. The van der Waals surface area contributed by atoms with Gasteiger partial charge in [0.1, 0.15) is 0 Å². The Kier molecular flexibility index (Phi) is 3.63. The first-order chi connectivity index (χ1) is 7.68. The first kappa shape index (κ1) is 11.6. The molecular formula is C10H15BrN4O. The number of nitrogen functional groups attached to an aromatic ring is 1. The molecule has 1 fully saturated rings. The number of morpholine rings is 1. The minimum atomic E-state index is 0.694. The molecule has 0 saturated carbocycles.